The van der Waals surface area contributed by atoms with E-state index < -0.39 is 30.1 Å². The zero-order valence-corrected chi connectivity index (χ0v) is 13.6. The number of hydrogen-bond donors (Lipinski definition) is 1. The lowest BCUT2D eigenvalue weighted by atomic mass is 10.3. The second-order valence-electron chi connectivity index (χ2n) is 5.23. The maximum absolute atomic E-state index is 12.4. The Morgan fingerprint density at radius 2 is 1.93 bits per heavy atom. The molecule has 27 heavy (non-hydrogen) atoms. The van der Waals surface area contributed by atoms with Crippen molar-refractivity contribution >= 4 is 11.6 Å². The fourth-order valence-corrected chi connectivity index (χ4v) is 2.19. The molecule has 140 valence electrons. The molecule has 1 N–H and O–H groups in total. The highest BCUT2D eigenvalue weighted by molar-refractivity contribution is 5.92. The minimum Gasteiger partial charge on any atom is -0.404 e. The average Bonchev–Trinajstić information content (AvgIpc) is 3.12. The number of halogens is 3. The number of carbonyl (C=O) groups is 1. The molecule has 0 fully saturated rings. The molecular formula is C16H12F3N5O3. The lowest BCUT2D eigenvalue weighted by Crippen LogP contribution is -2.30. The molecule has 0 unspecified atom stereocenters. The molecule has 3 rings (SSSR count). The van der Waals surface area contributed by atoms with E-state index >= 15 is 0 Å². The van der Waals surface area contributed by atoms with E-state index in [4.69, 9.17) is 0 Å². The van der Waals surface area contributed by atoms with Crippen molar-refractivity contribution in [1.82, 2.24) is 19.6 Å². The topological polar surface area (TPSA) is 91.0 Å². The maximum atomic E-state index is 12.4. The van der Waals surface area contributed by atoms with Gasteiger partial charge in [-0.05, 0) is 24.3 Å². The van der Waals surface area contributed by atoms with Crippen molar-refractivity contribution in [2.24, 2.45) is 0 Å². The molecule has 2 heterocycles. The highest BCUT2D eigenvalue weighted by Crippen LogP contribution is 2.29. The summed E-state index contributed by atoms with van der Waals surface area (Å²) in [7, 11) is 0. The second-order valence-corrected chi connectivity index (χ2v) is 5.23. The molecule has 0 saturated carbocycles. The lowest BCUT2D eigenvalue weighted by Gasteiger charge is -2.14. The van der Waals surface area contributed by atoms with Crippen LogP contribution in [0.15, 0.2) is 59.7 Å². The Balaban J connectivity index is 1.77. The van der Waals surface area contributed by atoms with Gasteiger partial charge in [0, 0.05) is 18.5 Å². The van der Waals surface area contributed by atoms with Crippen molar-refractivity contribution in [3.63, 3.8) is 0 Å². The van der Waals surface area contributed by atoms with E-state index in [0.717, 1.165) is 10.7 Å². The summed E-state index contributed by atoms with van der Waals surface area (Å²) in [6.45, 7) is -0.506. The van der Waals surface area contributed by atoms with Crippen LogP contribution in [0, 0.1) is 0 Å². The fourth-order valence-electron chi connectivity index (χ4n) is 2.19. The van der Waals surface area contributed by atoms with Crippen LogP contribution in [0.4, 0.5) is 18.9 Å². The summed E-state index contributed by atoms with van der Waals surface area (Å²) < 4.78 is 43.4. The van der Waals surface area contributed by atoms with Crippen LogP contribution in [0.25, 0.3) is 5.82 Å². The molecule has 1 aromatic carbocycles. The predicted molar refractivity (Wildman–Crippen MR) is 87.4 cm³/mol. The molecule has 2 aromatic heterocycles. The highest BCUT2D eigenvalue weighted by Gasteiger charge is 2.32. The molecule has 11 heteroatoms. The summed E-state index contributed by atoms with van der Waals surface area (Å²) in [4.78, 5) is 24.1. The van der Waals surface area contributed by atoms with E-state index in [2.05, 4.69) is 20.3 Å². The summed E-state index contributed by atoms with van der Waals surface area (Å²) in [5, 5.41) is 10.3. The Morgan fingerprint density at radius 3 is 2.63 bits per heavy atom. The van der Waals surface area contributed by atoms with Gasteiger partial charge in [0.2, 0.25) is 5.91 Å². The number of aromatic nitrogens is 4. The zero-order chi connectivity index (χ0) is 19.4. The van der Waals surface area contributed by atoms with Crippen LogP contribution in [0.5, 0.6) is 5.75 Å². The SMILES string of the molecule is O=C(Cn1nc(-n2cccn2)ccc1=O)Nc1ccccc1OC(F)(F)F. The van der Waals surface area contributed by atoms with Crippen LogP contribution in [0.1, 0.15) is 0 Å². The first-order valence-corrected chi connectivity index (χ1v) is 7.55. The van der Waals surface area contributed by atoms with Crippen LogP contribution >= 0.6 is 0 Å². The van der Waals surface area contributed by atoms with Crippen molar-refractivity contribution < 1.29 is 22.7 Å². The van der Waals surface area contributed by atoms with Gasteiger partial charge >= 0.3 is 6.36 Å². The minimum absolute atomic E-state index is 0.184. The quantitative estimate of drug-likeness (QED) is 0.732. The summed E-state index contributed by atoms with van der Waals surface area (Å²) >= 11 is 0. The molecular weight excluding hydrogens is 367 g/mol. The van der Waals surface area contributed by atoms with Gasteiger partial charge in [-0.25, -0.2) is 9.36 Å². The third kappa shape index (κ3) is 4.71. The summed E-state index contributed by atoms with van der Waals surface area (Å²) in [5.41, 5.74) is -0.739. The van der Waals surface area contributed by atoms with Gasteiger partial charge < -0.3 is 10.1 Å². The van der Waals surface area contributed by atoms with Gasteiger partial charge in [0.25, 0.3) is 5.56 Å². The number of carbonyl (C=O) groups excluding carboxylic acids is 1. The van der Waals surface area contributed by atoms with Crippen LogP contribution in [0.2, 0.25) is 0 Å². The standard InChI is InChI=1S/C16H12F3N5O3/c17-16(18,19)27-12-5-2-1-4-11(12)21-14(25)10-24-15(26)7-6-13(22-24)23-9-3-8-20-23/h1-9H,10H2,(H,21,25). The molecule has 0 aliphatic rings. The highest BCUT2D eigenvalue weighted by atomic mass is 19.4. The molecule has 0 spiro atoms. The van der Waals surface area contributed by atoms with E-state index in [9.17, 15) is 22.8 Å². The number of ether oxygens (including phenoxy) is 1. The van der Waals surface area contributed by atoms with Gasteiger partial charge in [-0.3, -0.25) is 9.59 Å². The molecule has 0 bridgehead atoms. The first-order chi connectivity index (χ1) is 12.8. The Kier molecular flexibility index (Phi) is 4.92. The number of benzene rings is 1. The third-order valence-corrected chi connectivity index (χ3v) is 3.27. The molecule has 0 atom stereocenters. The van der Waals surface area contributed by atoms with Crippen molar-refractivity contribution in [2.45, 2.75) is 12.9 Å². The molecule has 0 saturated heterocycles. The van der Waals surface area contributed by atoms with Crippen LogP contribution < -0.4 is 15.6 Å². The first kappa shape index (κ1) is 18.2. The average molecular weight is 379 g/mol. The van der Waals surface area contributed by atoms with Crippen LogP contribution in [-0.4, -0.2) is 31.8 Å². The number of rotatable bonds is 5. The van der Waals surface area contributed by atoms with Crippen molar-refractivity contribution in [3.05, 3.63) is 65.2 Å². The van der Waals surface area contributed by atoms with Crippen molar-refractivity contribution in [3.8, 4) is 11.6 Å². The predicted octanol–water partition coefficient (Wildman–Crippen LogP) is 1.97. The number of nitrogens with one attached hydrogen (secondary N) is 1. The number of amides is 1. The van der Waals surface area contributed by atoms with Gasteiger partial charge in [0.15, 0.2) is 11.6 Å². The minimum atomic E-state index is -4.91. The fraction of sp³-hybridized carbons (Fsp3) is 0.125. The third-order valence-electron chi connectivity index (χ3n) is 3.27. The maximum Gasteiger partial charge on any atom is 0.573 e. The number of nitrogens with zero attached hydrogens (tertiary/aromatic N) is 4. The normalized spacial score (nSPS) is 11.2. The van der Waals surface area contributed by atoms with Gasteiger partial charge in [0.05, 0.1) is 5.69 Å². The van der Waals surface area contributed by atoms with Gasteiger partial charge in [-0.15, -0.1) is 18.3 Å². The van der Waals surface area contributed by atoms with Crippen molar-refractivity contribution in [1.29, 1.82) is 0 Å². The summed E-state index contributed by atoms with van der Waals surface area (Å²) in [5.74, 6) is -1.02. The van der Waals surface area contributed by atoms with E-state index in [1.807, 2.05) is 0 Å². The first-order valence-electron chi connectivity index (χ1n) is 7.55. The molecule has 0 radical (unpaired) electrons. The van der Waals surface area contributed by atoms with Gasteiger partial charge in [0.1, 0.15) is 6.54 Å². The van der Waals surface area contributed by atoms with E-state index in [1.54, 1.807) is 12.3 Å². The Morgan fingerprint density at radius 1 is 1.15 bits per heavy atom. The number of alkyl halides is 3. The monoisotopic (exact) mass is 379 g/mol. The number of hydrogen-bond acceptors (Lipinski definition) is 5. The van der Waals surface area contributed by atoms with Crippen LogP contribution in [0.3, 0.4) is 0 Å². The van der Waals surface area contributed by atoms with Gasteiger partial charge in [-0.1, -0.05) is 12.1 Å². The van der Waals surface area contributed by atoms with Crippen LogP contribution in [-0.2, 0) is 11.3 Å². The molecule has 0 aliphatic heterocycles. The zero-order valence-electron chi connectivity index (χ0n) is 13.6. The Bertz CT molecular complexity index is 999. The Labute approximate surface area is 149 Å². The molecule has 1 amide bonds. The Hall–Kier alpha value is -3.63. The lowest BCUT2D eigenvalue weighted by molar-refractivity contribution is -0.274. The van der Waals surface area contributed by atoms with E-state index in [1.165, 1.54) is 41.2 Å². The molecule has 8 nitrogen and oxygen atoms in total. The van der Waals surface area contributed by atoms with Gasteiger partial charge in [-0.2, -0.15) is 5.10 Å². The largest absolute Gasteiger partial charge is 0.573 e. The molecule has 0 aliphatic carbocycles. The second kappa shape index (κ2) is 7.32. The number of anilines is 1. The smallest absolute Gasteiger partial charge is 0.404 e. The molecule has 3 aromatic rings. The summed E-state index contributed by atoms with van der Waals surface area (Å²) in [6, 6.07) is 9.36. The number of para-hydroxylation sites is 2. The van der Waals surface area contributed by atoms with E-state index in [-0.39, 0.29) is 5.69 Å². The van der Waals surface area contributed by atoms with E-state index in [0.29, 0.717) is 5.82 Å². The van der Waals surface area contributed by atoms with Crippen molar-refractivity contribution in [2.75, 3.05) is 5.32 Å². The summed E-state index contributed by atoms with van der Waals surface area (Å²) in [6.07, 6.45) is -1.79.